The standard InChI is InChI=1S/C20H26ClFIN3O/c1-4-6-12-26(11-5-2)15-25-20(23)19(22)13-24-16(3)27-14-17-7-9-18(21)10-8-17/h7-10,13,15H,3-6,11-12,14H2,1-2H3/b20-19-,24-13-,25-15+. The minimum Gasteiger partial charge on any atom is -0.473 e. The third-order valence-electron chi connectivity index (χ3n) is 3.48. The van der Waals surface area contributed by atoms with Crippen LogP contribution in [-0.2, 0) is 11.3 Å². The second-order valence-electron chi connectivity index (χ2n) is 5.84. The fourth-order valence-corrected chi connectivity index (χ4v) is 2.43. The number of allylic oxidation sites excluding steroid dienone is 1. The van der Waals surface area contributed by atoms with Crippen LogP contribution in [0.3, 0.4) is 0 Å². The van der Waals surface area contributed by atoms with Gasteiger partial charge in [-0.05, 0) is 59.7 Å². The fraction of sp³-hybridized carbons (Fsp3) is 0.400. The SMILES string of the molecule is C=C(\N=C/C(F)=C(I)/N=C/N(CCC)CCCC)OCc1ccc(Cl)cc1. The molecule has 7 heteroatoms. The van der Waals surface area contributed by atoms with Crippen molar-refractivity contribution in [3.05, 3.63) is 56.8 Å². The summed E-state index contributed by atoms with van der Waals surface area (Å²) in [6, 6.07) is 7.24. The van der Waals surface area contributed by atoms with Gasteiger partial charge in [0.2, 0.25) is 5.88 Å². The van der Waals surface area contributed by atoms with E-state index >= 15 is 0 Å². The summed E-state index contributed by atoms with van der Waals surface area (Å²) in [5.74, 6) is -0.404. The number of aliphatic imine (C=N–C) groups is 2. The van der Waals surface area contributed by atoms with Gasteiger partial charge in [0.05, 0.1) is 12.6 Å². The summed E-state index contributed by atoms with van der Waals surface area (Å²) in [6.07, 6.45) is 5.98. The van der Waals surface area contributed by atoms with Crippen LogP contribution in [0.4, 0.5) is 4.39 Å². The third-order valence-corrected chi connectivity index (χ3v) is 4.53. The Kier molecular flexibility index (Phi) is 12.0. The largest absolute Gasteiger partial charge is 0.473 e. The molecule has 0 saturated heterocycles. The van der Waals surface area contributed by atoms with E-state index in [2.05, 4.69) is 35.3 Å². The Morgan fingerprint density at radius 2 is 1.93 bits per heavy atom. The molecule has 1 aromatic carbocycles. The van der Waals surface area contributed by atoms with E-state index in [0.29, 0.717) is 5.02 Å². The van der Waals surface area contributed by atoms with E-state index in [1.807, 2.05) is 34.7 Å². The van der Waals surface area contributed by atoms with Crippen LogP contribution in [-0.4, -0.2) is 30.5 Å². The molecule has 0 N–H and O–H groups in total. The second-order valence-corrected chi connectivity index (χ2v) is 7.30. The van der Waals surface area contributed by atoms with Gasteiger partial charge in [-0.3, -0.25) is 0 Å². The average Bonchev–Trinajstić information content (AvgIpc) is 2.67. The van der Waals surface area contributed by atoms with Crippen molar-refractivity contribution in [2.45, 2.75) is 39.7 Å². The molecule has 0 aliphatic rings. The highest BCUT2D eigenvalue weighted by Crippen LogP contribution is 2.15. The highest BCUT2D eigenvalue weighted by molar-refractivity contribution is 14.1. The van der Waals surface area contributed by atoms with Gasteiger partial charge in [-0.2, -0.15) is 0 Å². The molecule has 148 valence electrons. The summed E-state index contributed by atoms with van der Waals surface area (Å²) in [5.41, 5.74) is 0.925. The Hall–Kier alpha value is -1.41. The zero-order chi connectivity index (χ0) is 20.1. The molecule has 0 amide bonds. The molecule has 4 nitrogen and oxygen atoms in total. The molecule has 0 aliphatic carbocycles. The van der Waals surface area contributed by atoms with Crippen LogP contribution in [0.15, 0.2) is 56.2 Å². The number of unbranched alkanes of at least 4 members (excludes halogenated alkanes) is 1. The normalized spacial score (nSPS) is 12.5. The van der Waals surface area contributed by atoms with Crippen molar-refractivity contribution >= 4 is 46.7 Å². The molecule has 0 radical (unpaired) electrons. The summed E-state index contributed by atoms with van der Waals surface area (Å²) in [5, 5.41) is 0.658. The van der Waals surface area contributed by atoms with Gasteiger partial charge >= 0.3 is 0 Å². The van der Waals surface area contributed by atoms with Crippen LogP contribution >= 0.6 is 34.2 Å². The predicted octanol–water partition coefficient (Wildman–Crippen LogP) is 6.51. The Morgan fingerprint density at radius 1 is 1.22 bits per heavy atom. The molecule has 1 rings (SSSR count). The van der Waals surface area contributed by atoms with Gasteiger partial charge in [-0.15, -0.1) is 0 Å². The van der Waals surface area contributed by atoms with Crippen molar-refractivity contribution in [3.63, 3.8) is 0 Å². The van der Waals surface area contributed by atoms with E-state index in [-0.39, 0.29) is 16.2 Å². The monoisotopic (exact) mass is 505 g/mol. The van der Waals surface area contributed by atoms with Gasteiger partial charge in [0.25, 0.3) is 0 Å². The number of ether oxygens (including phenoxy) is 1. The molecule has 0 spiro atoms. The number of halogens is 3. The lowest BCUT2D eigenvalue weighted by Gasteiger charge is -2.17. The molecule has 0 atom stereocenters. The van der Waals surface area contributed by atoms with E-state index in [0.717, 1.165) is 44.1 Å². The van der Waals surface area contributed by atoms with Crippen LogP contribution in [0, 0.1) is 0 Å². The Bertz CT molecular complexity index is 674. The van der Waals surface area contributed by atoms with E-state index in [9.17, 15) is 4.39 Å². The van der Waals surface area contributed by atoms with Crippen molar-refractivity contribution in [1.82, 2.24) is 4.90 Å². The summed E-state index contributed by atoms with van der Waals surface area (Å²) in [4.78, 5) is 10.2. The van der Waals surface area contributed by atoms with Crippen LogP contribution in [0.1, 0.15) is 38.7 Å². The quantitative estimate of drug-likeness (QED) is 0.107. The average molecular weight is 506 g/mol. The summed E-state index contributed by atoms with van der Waals surface area (Å²) in [6.45, 7) is 10.0. The van der Waals surface area contributed by atoms with E-state index in [4.69, 9.17) is 16.3 Å². The molecule has 0 aliphatic heterocycles. The maximum atomic E-state index is 14.1. The number of nitrogens with zero attached hydrogens (tertiary/aromatic N) is 3. The second kappa shape index (κ2) is 13.7. The fourth-order valence-electron chi connectivity index (χ4n) is 2.04. The number of hydrogen-bond acceptors (Lipinski definition) is 3. The molecule has 0 saturated carbocycles. The number of rotatable bonds is 12. The maximum absolute atomic E-state index is 14.1. The molecule has 1 aromatic rings. The van der Waals surface area contributed by atoms with Crippen molar-refractivity contribution in [2.24, 2.45) is 9.98 Å². The lowest BCUT2D eigenvalue weighted by molar-refractivity contribution is 0.198. The van der Waals surface area contributed by atoms with Crippen LogP contribution in [0.2, 0.25) is 5.02 Å². The van der Waals surface area contributed by atoms with Gasteiger partial charge in [-0.25, -0.2) is 14.4 Å². The summed E-state index contributed by atoms with van der Waals surface area (Å²) >= 11 is 7.69. The van der Waals surface area contributed by atoms with Crippen molar-refractivity contribution < 1.29 is 9.13 Å². The number of hydrogen-bond donors (Lipinski definition) is 0. The van der Waals surface area contributed by atoms with E-state index in [1.54, 1.807) is 18.5 Å². The highest BCUT2D eigenvalue weighted by atomic mass is 127. The first-order valence-electron chi connectivity index (χ1n) is 8.90. The Labute approximate surface area is 180 Å². The van der Waals surface area contributed by atoms with E-state index < -0.39 is 5.83 Å². The molecular formula is C20H26ClFIN3O. The van der Waals surface area contributed by atoms with Crippen molar-refractivity contribution in [1.29, 1.82) is 0 Å². The minimum atomic E-state index is -0.532. The smallest absolute Gasteiger partial charge is 0.206 e. The molecule has 0 aromatic heterocycles. The molecule has 0 unspecified atom stereocenters. The summed E-state index contributed by atoms with van der Waals surface area (Å²) < 4.78 is 19.8. The molecule has 27 heavy (non-hydrogen) atoms. The van der Waals surface area contributed by atoms with Crippen molar-refractivity contribution in [2.75, 3.05) is 13.1 Å². The first-order valence-corrected chi connectivity index (χ1v) is 10.4. The molecule has 0 bridgehead atoms. The predicted molar refractivity (Wildman–Crippen MR) is 121 cm³/mol. The minimum absolute atomic E-state index is 0.129. The zero-order valence-corrected chi connectivity index (χ0v) is 18.7. The van der Waals surface area contributed by atoms with Gasteiger partial charge < -0.3 is 9.64 Å². The van der Waals surface area contributed by atoms with Gasteiger partial charge in [0.15, 0.2) is 5.83 Å². The third kappa shape index (κ3) is 10.5. The van der Waals surface area contributed by atoms with Crippen LogP contribution in [0.5, 0.6) is 0 Å². The summed E-state index contributed by atoms with van der Waals surface area (Å²) in [7, 11) is 0. The first kappa shape index (κ1) is 23.6. The van der Waals surface area contributed by atoms with Gasteiger partial charge in [0, 0.05) is 18.1 Å². The maximum Gasteiger partial charge on any atom is 0.206 e. The lowest BCUT2D eigenvalue weighted by Crippen LogP contribution is -2.24. The lowest BCUT2D eigenvalue weighted by atomic mass is 10.2. The van der Waals surface area contributed by atoms with Crippen LogP contribution < -0.4 is 0 Å². The van der Waals surface area contributed by atoms with Crippen molar-refractivity contribution in [3.8, 4) is 0 Å². The molecular weight excluding hydrogens is 480 g/mol. The molecule has 0 heterocycles. The van der Waals surface area contributed by atoms with Gasteiger partial charge in [-0.1, -0.05) is 44.0 Å². The Balaban J connectivity index is 2.56. The van der Waals surface area contributed by atoms with Crippen LogP contribution in [0.25, 0.3) is 0 Å². The zero-order valence-electron chi connectivity index (χ0n) is 15.8. The highest BCUT2D eigenvalue weighted by Gasteiger charge is 2.02. The first-order chi connectivity index (χ1) is 13.0. The number of benzene rings is 1. The topological polar surface area (TPSA) is 37.2 Å². The van der Waals surface area contributed by atoms with E-state index in [1.165, 1.54) is 0 Å². The molecule has 0 fully saturated rings. The van der Waals surface area contributed by atoms with Gasteiger partial charge in [0.1, 0.15) is 10.3 Å². The Morgan fingerprint density at radius 3 is 2.56 bits per heavy atom.